The molecule has 2 atom stereocenters. The topological polar surface area (TPSA) is 9.23 Å². The zero-order valence-corrected chi connectivity index (χ0v) is 15.3. The molecule has 0 N–H and O–H groups in total. The van der Waals surface area contributed by atoms with Crippen molar-refractivity contribution in [3.05, 3.63) is 29.8 Å². The van der Waals surface area contributed by atoms with Crippen molar-refractivity contribution in [2.75, 3.05) is 0 Å². The molecule has 1 rings (SSSR count). The molecule has 0 aliphatic heterocycles. The Bertz CT molecular complexity index is 389. The third-order valence-corrected chi connectivity index (χ3v) is 4.09. The van der Waals surface area contributed by atoms with E-state index in [2.05, 4.69) is 81.7 Å². The molecular weight excluding hydrogens is 312 g/mol. The van der Waals surface area contributed by atoms with Gasteiger partial charge in [0.05, 0.1) is 6.10 Å². The van der Waals surface area contributed by atoms with Crippen molar-refractivity contribution >= 4 is 15.9 Å². The predicted molar refractivity (Wildman–Crippen MR) is 91.7 cm³/mol. The first-order valence-corrected chi connectivity index (χ1v) is 8.49. The van der Waals surface area contributed by atoms with Crippen LogP contribution in [0.1, 0.15) is 64.8 Å². The number of halogens is 1. The Morgan fingerprint density at radius 1 is 1.05 bits per heavy atom. The molecule has 0 saturated heterocycles. The van der Waals surface area contributed by atoms with Gasteiger partial charge in [0, 0.05) is 4.83 Å². The van der Waals surface area contributed by atoms with E-state index in [1.165, 1.54) is 18.4 Å². The zero-order valence-electron chi connectivity index (χ0n) is 13.7. The second kappa shape index (κ2) is 7.49. The van der Waals surface area contributed by atoms with Crippen molar-refractivity contribution in [2.24, 2.45) is 11.3 Å². The summed E-state index contributed by atoms with van der Waals surface area (Å²) in [6.45, 7) is 13.4. The molecule has 0 amide bonds. The Morgan fingerprint density at radius 2 is 1.60 bits per heavy atom. The molecule has 1 nitrogen and oxygen atoms in total. The molecule has 114 valence electrons. The number of hydrogen-bond acceptors (Lipinski definition) is 1. The van der Waals surface area contributed by atoms with Crippen molar-refractivity contribution in [1.29, 1.82) is 0 Å². The zero-order chi connectivity index (χ0) is 15.3. The molecule has 0 aromatic heterocycles. The standard InChI is InChI=1S/C18H29BrO/c1-13(2)20-16-9-7-15(8-10-16)17(19)11-14(3)12-18(4,5)6/h7-10,13-14,17H,11-12H2,1-6H3. The molecular formula is C18H29BrO. The lowest BCUT2D eigenvalue weighted by Gasteiger charge is -2.25. The lowest BCUT2D eigenvalue weighted by atomic mass is 9.83. The van der Waals surface area contributed by atoms with E-state index in [1.807, 2.05) is 0 Å². The average Bonchev–Trinajstić information content (AvgIpc) is 2.26. The van der Waals surface area contributed by atoms with Crippen molar-refractivity contribution in [3.8, 4) is 5.75 Å². The first kappa shape index (κ1) is 17.6. The van der Waals surface area contributed by atoms with Crippen LogP contribution in [0.2, 0.25) is 0 Å². The van der Waals surface area contributed by atoms with Gasteiger partial charge in [0.2, 0.25) is 0 Å². The second-order valence-electron chi connectivity index (χ2n) is 7.31. The van der Waals surface area contributed by atoms with Gasteiger partial charge in [0.25, 0.3) is 0 Å². The van der Waals surface area contributed by atoms with Crippen LogP contribution in [0.15, 0.2) is 24.3 Å². The van der Waals surface area contributed by atoms with Crippen LogP contribution in [0.4, 0.5) is 0 Å². The number of hydrogen-bond donors (Lipinski definition) is 0. The van der Waals surface area contributed by atoms with Gasteiger partial charge in [0.1, 0.15) is 5.75 Å². The summed E-state index contributed by atoms with van der Waals surface area (Å²) in [5, 5.41) is 0. The lowest BCUT2D eigenvalue weighted by molar-refractivity contribution is 0.242. The van der Waals surface area contributed by atoms with Crippen LogP contribution in [0.5, 0.6) is 5.75 Å². The molecule has 2 unspecified atom stereocenters. The number of benzene rings is 1. The monoisotopic (exact) mass is 340 g/mol. The Labute approximate surface area is 133 Å². The average molecular weight is 341 g/mol. The van der Waals surface area contributed by atoms with E-state index < -0.39 is 0 Å². The highest BCUT2D eigenvalue weighted by atomic mass is 79.9. The van der Waals surface area contributed by atoms with Gasteiger partial charge in [0.15, 0.2) is 0 Å². The fraction of sp³-hybridized carbons (Fsp3) is 0.667. The minimum atomic E-state index is 0.229. The fourth-order valence-electron chi connectivity index (χ4n) is 2.65. The highest BCUT2D eigenvalue weighted by molar-refractivity contribution is 9.09. The smallest absolute Gasteiger partial charge is 0.119 e. The van der Waals surface area contributed by atoms with E-state index >= 15 is 0 Å². The Hall–Kier alpha value is -0.500. The number of alkyl halides is 1. The summed E-state index contributed by atoms with van der Waals surface area (Å²) >= 11 is 3.83. The summed E-state index contributed by atoms with van der Waals surface area (Å²) < 4.78 is 5.68. The van der Waals surface area contributed by atoms with Gasteiger partial charge in [-0.1, -0.05) is 55.8 Å². The normalized spacial score (nSPS) is 15.2. The molecule has 0 heterocycles. The summed E-state index contributed by atoms with van der Waals surface area (Å²) in [6.07, 6.45) is 2.65. The molecule has 0 fully saturated rings. The van der Waals surface area contributed by atoms with Crippen LogP contribution in [0.3, 0.4) is 0 Å². The Kier molecular flexibility index (Phi) is 6.57. The quantitative estimate of drug-likeness (QED) is 0.546. The summed E-state index contributed by atoms with van der Waals surface area (Å²) in [4.78, 5) is 0.424. The molecule has 0 bridgehead atoms. The van der Waals surface area contributed by atoms with Gasteiger partial charge in [-0.05, 0) is 55.7 Å². The van der Waals surface area contributed by atoms with Gasteiger partial charge < -0.3 is 4.74 Å². The Balaban J connectivity index is 2.57. The molecule has 0 radical (unpaired) electrons. The first-order valence-electron chi connectivity index (χ1n) is 7.58. The van der Waals surface area contributed by atoms with Gasteiger partial charge in [-0.2, -0.15) is 0 Å². The minimum Gasteiger partial charge on any atom is -0.491 e. The maximum absolute atomic E-state index is 5.68. The maximum atomic E-state index is 5.68. The van der Waals surface area contributed by atoms with E-state index in [0.29, 0.717) is 16.2 Å². The molecule has 20 heavy (non-hydrogen) atoms. The van der Waals surface area contributed by atoms with Gasteiger partial charge >= 0.3 is 0 Å². The van der Waals surface area contributed by atoms with Crippen molar-refractivity contribution < 1.29 is 4.74 Å². The summed E-state index contributed by atoms with van der Waals surface area (Å²) in [5.41, 5.74) is 1.74. The third kappa shape index (κ3) is 6.78. The largest absolute Gasteiger partial charge is 0.491 e. The molecule has 0 aliphatic carbocycles. The SMILES string of the molecule is CC(CC(Br)c1ccc(OC(C)C)cc1)CC(C)(C)C. The maximum Gasteiger partial charge on any atom is 0.119 e. The van der Waals surface area contributed by atoms with Gasteiger partial charge in [-0.3, -0.25) is 0 Å². The summed E-state index contributed by atoms with van der Waals surface area (Å²) in [7, 11) is 0. The van der Waals surface area contributed by atoms with Crippen LogP contribution in [-0.2, 0) is 0 Å². The molecule has 1 aromatic carbocycles. The van der Waals surface area contributed by atoms with E-state index in [9.17, 15) is 0 Å². The van der Waals surface area contributed by atoms with Crippen LogP contribution < -0.4 is 4.74 Å². The van der Waals surface area contributed by atoms with Crippen molar-refractivity contribution in [3.63, 3.8) is 0 Å². The van der Waals surface area contributed by atoms with Crippen LogP contribution >= 0.6 is 15.9 Å². The highest BCUT2D eigenvalue weighted by Gasteiger charge is 2.18. The molecule has 0 aliphatic rings. The molecule has 0 spiro atoms. The Morgan fingerprint density at radius 3 is 2.05 bits per heavy atom. The van der Waals surface area contributed by atoms with Gasteiger partial charge in [-0.15, -0.1) is 0 Å². The van der Waals surface area contributed by atoms with Gasteiger partial charge in [-0.25, -0.2) is 0 Å². The van der Waals surface area contributed by atoms with E-state index in [4.69, 9.17) is 4.74 Å². The second-order valence-corrected chi connectivity index (χ2v) is 8.41. The summed E-state index contributed by atoms with van der Waals surface area (Å²) in [5.74, 6) is 1.66. The van der Waals surface area contributed by atoms with E-state index in [0.717, 1.165) is 5.75 Å². The van der Waals surface area contributed by atoms with Crippen LogP contribution in [0, 0.1) is 11.3 Å². The van der Waals surface area contributed by atoms with Crippen molar-refractivity contribution in [1.82, 2.24) is 0 Å². The van der Waals surface area contributed by atoms with E-state index in [1.54, 1.807) is 0 Å². The number of rotatable bonds is 6. The predicted octanol–water partition coefficient (Wildman–Crippen LogP) is 6.37. The summed E-state index contributed by atoms with van der Waals surface area (Å²) in [6, 6.07) is 8.47. The third-order valence-electron chi connectivity index (χ3n) is 3.18. The number of ether oxygens (including phenoxy) is 1. The molecule has 1 aromatic rings. The highest BCUT2D eigenvalue weighted by Crippen LogP contribution is 2.35. The fourth-order valence-corrected chi connectivity index (χ4v) is 3.59. The molecule has 0 saturated carbocycles. The van der Waals surface area contributed by atoms with Crippen LogP contribution in [-0.4, -0.2) is 6.10 Å². The van der Waals surface area contributed by atoms with E-state index in [-0.39, 0.29) is 6.10 Å². The first-order chi connectivity index (χ1) is 9.17. The van der Waals surface area contributed by atoms with Crippen LogP contribution in [0.25, 0.3) is 0 Å². The lowest BCUT2D eigenvalue weighted by Crippen LogP contribution is -2.12. The minimum absolute atomic E-state index is 0.229. The van der Waals surface area contributed by atoms with Crippen molar-refractivity contribution in [2.45, 2.75) is 65.3 Å². The molecule has 2 heteroatoms.